The molecule has 0 heterocycles. The van der Waals surface area contributed by atoms with Gasteiger partial charge in [-0.05, 0) is 37.3 Å². The van der Waals surface area contributed by atoms with Crippen LogP contribution in [0.25, 0.3) is 0 Å². The fourth-order valence-corrected chi connectivity index (χ4v) is 1.76. The number of allylic oxidation sites excluding steroid dienone is 3. The van der Waals surface area contributed by atoms with Crippen LogP contribution in [0.1, 0.15) is 6.92 Å². The Labute approximate surface area is 109 Å². The molecule has 3 N–H and O–H groups in total. The lowest BCUT2D eigenvalue weighted by Crippen LogP contribution is -2.20. The van der Waals surface area contributed by atoms with Crippen LogP contribution in [-0.2, 0) is 4.79 Å². The molecule has 92 valence electrons. The summed E-state index contributed by atoms with van der Waals surface area (Å²) in [5.41, 5.74) is 7.48. The van der Waals surface area contributed by atoms with Gasteiger partial charge in [0.2, 0.25) is 5.78 Å². The molecule has 0 spiro atoms. The number of phenols is 1. The molecule has 0 aliphatic heterocycles. The number of carbonyl (C=O) groups is 1. The van der Waals surface area contributed by atoms with E-state index >= 15 is 0 Å². The Morgan fingerprint density at radius 1 is 1.28 bits per heavy atom. The molecule has 0 atom stereocenters. The first-order valence-electron chi connectivity index (χ1n) is 5.25. The Balaban J connectivity index is 2.45. The van der Waals surface area contributed by atoms with Crippen molar-refractivity contribution in [2.45, 2.75) is 6.92 Å². The van der Waals surface area contributed by atoms with Crippen LogP contribution < -0.4 is 5.73 Å². The number of nitrogens with zero attached hydrogens (tertiary/aromatic N) is 1. The van der Waals surface area contributed by atoms with Gasteiger partial charge in [-0.2, -0.15) is 0 Å². The summed E-state index contributed by atoms with van der Waals surface area (Å²) in [4.78, 5) is 15.8. The number of Topliss-reactive ketones (excluding diaryl/α,β-unsaturated/α-hetero) is 1. The molecule has 1 aliphatic rings. The van der Waals surface area contributed by atoms with Gasteiger partial charge in [0.05, 0.1) is 17.1 Å². The Bertz CT molecular complexity index is 598. The lowest BCUT2D eigenvalue weighted by molar-refractivity contribution is -0.111. The SMILES string of the molecule is CC1=CC(=Nc2ccc(O)cc2)C(N)=C(Cl)C1=O. The van der Waals surface area contributed by atoms with Crippen molar-refractivity contribution in [3.05, 3.63) is 46.6 Å². The number of hydrogen-bond acceptors (Lipinski definition) is 4. The second-order valence-corrected chi connectivity index (χ2v) is 4.28. The Hall–Kier alpha value is -2.07. The van der Waals surface area contributed by atoms with Gasteiger partial charge in [-0.3, -0.25) is 4.79 Å². The summed E-state index contributed by atoms with van der Waals surface area (Å²) in [5.74, 6) is -0.120. The van der Waals surface area contributed by atoms with Crippen molar-refractivity contribution >= 4 is 28.8 Å². The van der Waals surface area contributed by atoms with Crippen LogP contribution in [0.15, 0.2) is 51.6 Å². The summed E-state index contributed by atoms with van der Waals surface area (Å²) in [7, 11) is 0. The highest BCUT2D eigenvalue weighted by molar-refractivity contribution is 6.49. The number of hydrogen-bond donors (Lipinski definition) is 2. The number of nitrogens with two attached hydrogens (primary N) is 1. The highest BCUT2D eigenvalue weighted by Crippen LogP contribution is 2.23. The molecular formula is C13H11ClN2O2. The van der Waals surface area contributed by atoms with Crippen molar-refractivity contribution in [3.8, 4) is 5.75 Å². The molecular weight excluding hydrogens is 252 g/mol. The molecule has 0 saturated heterocycles. The first-order valence-corrected chi connectivity index (χ1v) is 5.63. The summed E-state index contributed by atoms with van der Waals surface area (Å²) in [5, 5.41) is 9.17. The van der Waals surface area contributed by atoms with Crippen molar-refractivity contribution in [3.63, 3.8) is 0 Å². The summed E-state index contributed by atoms with van der Waals surface area (Å²) in [6.45, 7) is 1.66. The largest absolute Gasteiger partial charge is 0.508 e. The number of phenolic OH excluding ortho intramolecular Hbond substituents is 1. The van der Waals surface area contributed by atoms with E-state index in [9.17, 15) is 9.90 Å². The van der Waals surface area contributed by atoms with Gasteiger partial charge in [-0.25, -0.2) is 4.99 Å². The lowest BCUT2D eigenvalue weighted by Gasteiger charge is -2.12. The summed E-state index contributed by atoms with van der Waals surface area (Å²) < 4.78 is 0. The third-order valence-corrected chi connectivity index (χ3v) is 2.90. The zero-order valence-electron chi connectivity index (χ0n) is 9.64. The van der Waals surface area contributed by atoms with Gasteiger partial charge >= 0.3 is 0 Å². The van der Waals surface area contributed by atoms with Gasteiger partial charge < -0.3 is 10.8 Å². The maximum Gasteiger partial charge on any atom is 0.202 e. The van der Waals surface area contributed by atoms with Gasteiger partial charge in [0.1, 0.15) is 10.8 Å². The number of aliphatic imine (C=N–C) groups is 1. The molecule has 2 rings (SSSR count). The molecule has 0 saturated carbocycles. The van der Waals surface area contributed by atoms with Crippen LogP contribution in [0.3, 0.4) is 0 Å². The van der Waals surface area contributed by atoms with E-state index in [1.54, 1.807) is 25.1 Å². The number of carbonyl (C=O) groups excluding carboxylic acids is 1. The van der Waals surface area contributed by atoms with Crippen molar-refractivity contribution in [2.75, 3.05) is 0 Å². The summed E-state index contributed by atoms with van der Waals surface area (Å²) in [6, 6.07) is 6.32. The van der Waals surface area contributed by atoms with Gasteiger partial charge in [-0.1, -0.05) is 11.6 Å². The quantitative estimate of drug-likeness (QED) is 0.763. The topological polar surface area (TPSA) is 75.7 Å². The summed E-state index contributed by atoms with van der Waals surface area (Å²) in [6.07, 6.45) is 1.59. The van der Waals surface area contributed by atoms with E-state index in [1.807, 2.05) is 0 Å². The minimum absolute atomic E-state index is 0.00692. The molecule has 1 aromatic rings. The Morgan fingerprint density at radius 3 is 2.50 bits per heavy atom. The van der Waals surface area contributed by atoms with Crippen LogP contribution >= 0.6 is 11.6 Å². The molecule has 18 heavy (non-hydrogen) atoms. The molecule has 1 aliphatic carbocycles. The van der Waals surface area contributed by atoms with Crippen molar-refractivity contribution < 1.29 is 9.90 Å². The summed E-state index contributed by atoms with van der Waals surface area (Å²) >= 11 is 5.84. The van der Waals surface area contributed by atoms with E-state index in [-0.39, 0.29) is 22.3 Å². The predicted octanol–water partition coefficient (Wildman–Crippen LogP) is 2.40. The number of aromatic hydroxyl groups is 1. The van der Waals surface area contributed by atoms with Crippen molar-refractivity contribution in [1.29, 1.82) is 0 Å². The zero-order chi connectivity index (χ0) is 13.3. The van der Waals surface area contributed by atoms with Crippen LogP contribution in [0, 0.1) is 0 Å². The molecule has 0 bridgehead atoms. The fraction of sp³-hybridized carbons (Fsp3) is 0.0769. The van der Waals surface area contributed by atoms with E-state index in [0.717, 1.165) is 0 Å². The molecule has 0 amide bonds. The predicted molar refractivity (Wildman–Crippen MR) is 71.0 cm³/mol. The third-order valence-electron chi connectivity index (χ3n) is 2.52. The van der Waals surface area contributed by atoms with Gasteiger partial charge in [0, 0.05) is 5.57 Å². The monoisotopic (exact) mass is 262 g/mol. The van der Waals surface area contributed by atoms with E-state index in [1.165, 1.54) is 12.1 Å². The molecule has 0 aromatic heterocycles. The minimum atomic E-state index is -0.279. The van der Waals surface area contributed by atoms with E-state index in [0.29, 0.717) is 17.0 Å². The molecule has 0 fully saturated rings. The van der Waals surface area contributed by atoms with Gasteiger partial charge in [0.15, 0.2) is 0 Å². The lowest BCUT2D eigenvalue weighted by atomic mass is 10.0. The van der Waals surface area contributed by atoms with Crippen LogP contribution in [0.2, 0.25) is 0 Å². The maximum atomic E-state index is 11.6. The molecule has 0 unspecified atom stereocenters. The highest BCUT2D eigenvalue weighted by atomic mass is 35.5. The molecule has 0 radical (unpaired) electrons. The molecule has 5 heteroatoms. The Morgan fingerprint density at radius 2 is 1.89 bits per heavy atom. The average molecular weight is 263 g/mol. The van der Waals surface area contributed by atoms with Crippen LogP contribution in [0.5, 0.6) is 5.75 Å². The number of halogens is 1. The normalized spacial score (nSPS) is 18.2. The molecule has 4 nitrogen and oxygen atoms in total. The van der Waals surface area contributed by atoms with Crippen LogP contribution in [-0.4, -0.2) is 16.6 Å². The number of benzene rings is 1. The Kier molecular flexibility index (Phi) is 3.21. The van der Waals surface area contributed by atoms with E-state index in [4.69, 9.17) is 17.3 Å². The number of ketones is 1. The van der Waals surface area contributed by atoms with Gasteiger partial charge in [0.25, 0.3) is 0 Å². The third kappa shape index (κ3) is 2.28. The molecule has 1 aromatic carbocycles. The second-order valence-electron chi connectivity index (χ2n) is 3.90. The zero-order valence-corrected chi connectivity index (χ0v) is 10.4. The fourth-order valence-electron chi connectivity index (χ4n) is 1.51. The maximum absolute atomic E-state index is 11.6. The smallest absolute Gasteiger partial charge is 0.202 e. The van der Waals surface area contributed by atoms with E-state index < -0.39 is 0 Å². The minimum Gasteiger partial charge on any atom is -0.508 e. The van der Waals surface area contributed by atoms with Crippen LogP contribution in [0.4, 0.5) is 5.69 Å². The highest BCUT2D eigenvalue weighted by Gasteiger charge is 2.21. The van der Waals surface area contributed by atoms with Crippen molar-refractivity contribution in [2.24, 2.45) is 10.7 Å². The standard InChI is InChI=1S/C13H11ClN2O2/c1-7-6-10(12(15)11(14)13(7)18)16-8-2-4-9(17)5-3-8/h2-6,17H,15H2,1H3. The average Bonchev–Trinajstić information content (AvgIpc) is 2.36. The second kappa shape index (κ2) is 4.66. The van der Waals surface area contributed by atoms with Crippen molar-refractivity contribution in [1.82, 2.24) is 0 Å². The van der Waals surface area contributed by atoms with Gasteiger partial charge in [-0.15, -0.1) is 0 Å². The first-order chi connectivity index (χ1) is 8.49. The first kappa shape index (κ1) is 12.4. The van der Waals surface area contributed by atoms with E-state index in [2.05, 4.69) is 4.99 Å². The number of rotatable bonds is 1.